The fourth-order valence-corrected chi connectivity index (χ4v) is 1.22. The molecule has 2 rings (SSSR count). The molecule has 0 bridgehead atoms. The molecule has 0 aliphatic heterocycles. The molecule has 17 heavy (non-hydrogen) atoms. The zero-order valence-electron chi connectivity index (χ0n) is 11.4. The van der Waals surface area contributed by atoms with Gasteiger partial charge in [-0.1, -0.05) is 27.7 Å². The number of rotatable bonds is 1. The summed E-state index contributed by atoms with van der Waals surface area (Å²) in [5.41, 5.74) is 3.97. The van der Waals surface area contributed by atoms with Gasteiger partial charge in [0.15, 0.2) is 17.0 Å². The Kier molecular flexibility index (Phi) is 6.81. The van der Waals surface area contributed by atoms with Crippen molar-refractivity contribution in [1.29, 1.82) is 0 Å². The molecule has 6 heteroatoms. The van der Waals surface area contributed by atoms with Crippen molar-refractivity contribution in [3.63, 3.8) is 0 Å². The van der Waals surface area contributed by atoms with Gasteiger partial charge in [-0.3, -0.25) is 0 Å². The van der Waals surface area contributed by atoms with Crippen molar-refractivity contribution in [2.24, 2.45) is 12.9 Å². The van der Waals surface area contributed by atoms with E-state index in [1.165, 1.54) is 0 Å². The molecule has 0 fully saturated rings. The van der Waals surface area contributed by atoms with E-state index in [4.69, 9.17) is 5.84 Å². The van der Waals surface area contributed by atoms with Crippen LogP contribution in [0, 0.1) is 6.92 Å². The molecule has 0 aromatic carbocycles. The lowest BCUT2D eigenvalue weighted by Crippen LogP contribution is -2.10. The van der Waals surface area contributed by atoms with Crippen molar-refractivity contribution >= 4 is 17.0 Å². The Bertz CT molecular complexity index is 448. The molecule has 2 aromatic heterocycles. The number of fused-ring (bicyclic) bond motifs is 1. The third kappa shape index (κ3) is 3.39. The third-order valence-corrected chi connectivity index (χ3v) is 1.81. The number of aromatic nitrogens is 4. The molecule has 3 N–H and O–H groups in total. The van der Waals surface area contributed by atoms with Crippen LogP contribution < -0.4 is 11.3 Å². The molecule has 2 aromatic rings. The van der Waals surface area contributed by atoms with Crippen molar-refractivity contribution < 1.29 is 0 Å². The molecular weight excluding hydrogens is 216 g/mol. The van der Waals surface area contributed by atoms with Crippen LogP contribution in [0.5, 0.6) is 0 Å². The molecule has 0 unspecified atom stereocenters. The molecule has 96 valence electrons. The summed E-state index contributed by atoms with van der Waals surface area (Å²) in [5, 5.41) is 0. The lowest BCUT2D eigenvalue weighted by Gasteiger charge is -2.01. The maximum absolute atomic E-state index is 5.30. The highest BCUT2D eigenvalue weighted by molar-refractivity contribution is 5.82. The number of hydrazine groups is 1. The van der Waals surface area contributed by atoms with E-state index in [0.717, 1.165) is 5.65 Å². The fraction of sp³-hybridized carbons (Fsp3) is 0.545. The van der Waals surface area contributed by atoms with E-state index in [1.807, 2.05) is 46.2 Å². The van der Waals surface area contributed by atoms with Gasteiger partial charge >= 0.3 is 0 Å². The quantitative estimate of drug-likeness (QED) is 0.586. The van der Waals surface area contributed by atoms with E-state index in [-0.39, 0.29) is 0 Å². The number of imidazole rings is 1. The second-order valence-electron chi connectivity index (χ2n) is 2.79. The highest BCUT2D eigenvalue weighted by Crippen LogP contribution is 2.16. The molecule has 0 atom stereocenters. The number of hydrogen-bond donors (Lipinski definition) is 2. The molecule has 6 nitrogen and oxygen atoms in total. The lowest BCUT2D eigenvalue weighted by molar-refractivity contribution is 0.919. The van der Waals surface area contributed by atoms with Gasteiger partial charge in [-0.15, -0.1) is 0 Å². The number of nitrogens with zero attached hydrogens (tertiary/aromatic N) is 4. The fourth-order valence-electron chi connectivity index (χ4n) is 1.22. The number of nitrogens with two attached hydrogens (primary N) is 1. The normalized spacial score (nSPS) is 8.88. The average molecular weight is 238 g/mol. The second kappa shape index (κ2) is 7.56. The zero-order valence-corrected chi connectivity index (χ0v) is 11.4. The summed E-state index contributed by atoms with van der Waals surface area (Å²) in [7, 11) is 1.88. The minimum absolute atomic E-state index is 0.558. The van der Waals surface area contributed by atoms with Gasteiger partial charge in [0.05, 0.1) is 6.33 Å². The molecule has 0 spiro atoms. The standard InChI is InChI=1S/C7H10N6.2C2H6/c1-4-10-6(12-8)5-7(11-4)13(2)3-9-5;2*1-2/h3H,8H2,1-2H3,(H,10,11,12);2*1-2H3. The van der Waals surface area contributed by atoms with Crippen molar-refractivity contribution in [1.82, 2.24) is 19.5 Å². The van der Waals surface area contributed by atoms with E-state index >= 15 is 0 Å². The topological polar surface area (TPSA) is 81.6 Å². The second-order valence-corrected chi connectivity index (χ2v) is 2.79. The summed E-state index contributed by atoms with van der Waals surface area (Å²) in [6.45, 7) is 9.81. The molecular formula is C11H22N6. The molecule has 0 saturated heterocycles. The summed E-state index contributed by atoms with van der Waals surface area (Å²) in [5.74, 6) is 6.53. The number of aryl methyl sites for hydroxylation is 2. The van der Waals surface area contributed by atoms with Crippen LogP contribution in [0.4, 0.5) is 5.82 Å². The van der Waals surface area contributed by atoms with Crippen LogP contribution >= 0.6 is 0 Å². The van der Waals surface area contributed by atoms with E-state index in [1.54, 1.807) is 6.33 Å². The monoisotopic (exact) mass is 238 g/mol. The first-order valence-electron chi connectivity index (χ1n) is 5.84. The van der Waals surface area contributed by atoms with E-state index in [2.05, 4.69) is 20.4 Å². The van der Waals surface area contributed by atoms with E-state index < -0.39 is 0 Å². The summed E-state index contributed by atoms with van der Waals surface area (Å²) in [4.78, 5) is 12.5. The van der Waals surface area contributed by atoms with Crippen LogP contribution in [0.2, 0.25) is 0 Å². The third-order valence-electron chi connectivity index (χ3n) is 1.81. The van der Waals surface area contributed by atoms with Crippen LogP contribution in [0.1, 0.15) is 33.5 Å². The molecule has 0 saturated carbocycles. The molecule has 2 heterocycles. The highest BCUT2D eigenvalue weighted by Gasteiger charge is 2.08. The number of nitrogens with one attached hydrogen (secondary N) is 1. The van der Waals surface area contributed by atoms with Gasteiger partial charge in [0.2, 0.25) is 0 Å². The van der Waals surface area contributed by atoms with Crippen LogP contribution in [-0.2, 0) is 7.05 Å². The predicted octanol–water partition coefficient (Wildman–Crippen LogP) is 2.01. The Balaban J connectivity index is 0.000000581. The zero-order chi connectivity index (χ0) is 13.4. The van der Waals surface area contributed by atoms with E-state index in [9.17, 15) is 0 Å². The van der Waals surface area contributed by atoms with Crippen LogP contribution in [-0.4, -0.2) is 19.5 Å². The van der Waals surface area contributed by atoms with Gasteiger partial charge in [-0.25, -0.2) is 20.8 Å². The van der Waals surface area contributed by atoms with Gasteiger partial charge in [-0.05, 0) is 6.92 Å². The van der Waals surface area contributed by atoms with E-state index in [0.29, 0.717) is 17.2 Å². The summed E-state index contributed by atoms with van der Waals surface area (Å²) in [6.07, 6.45) is 1.68. The van der Waals surface area contributed by atoms with Gasteiger partial charge in [0.1, 0.15) is 5.82 Å². The van der Waals surface area contributed by atoms with Gasteiger partial charge in [0, 0.05) is 7.05 Å². The van der Waals surface area contributed by atoms with Crippen molar-refractivity contribution in [2.75, 3.05) is 5.43 Å². The van der Waals surface area contributed by atoms with Gasteiger partial charge < -0.3 is 9.99 Å². The smallest absolute Gasteiger partial charge is 0.172 e. The van der Waals surface area contributed by atoms with Crippen LogP contribution in [0.3, 0.4) is 0 Å². The van der Waals surface area contributed by atoms with Gasteiger partial charge in [-0.2, -0.15) is 0 Å². The first-order chi connectivity index (χ1) is 8.22. The number of hydrogen-bond acceptors (Lipinski definition) is 5. The maximum atomic E-state index is 5.30. The van der Waals surface area contributed by atoms with Crippen molar-refractivity contribution in [2.45, 2.75) is 34.6 Å². The number of nitrogen functional groups attached to an aromatic ring is 1. The molecule has 0 aliphatic rings. The van der Waals surface area contributed by atoms with Crippen LogP contribution in [0.25, 0.3) is 11.2 Å². The molecule has 0 aliphatic carbocycles. The molecule has 0 amide bonds. The predicted molar refractivity (Wildman–Crippen MR) is 71.5 cm³/mol. The maximum Gasteiger partial charge on any atom is 0.172 e. The van der Waals surface area contributed by atoms with Crippen LogP contribution in [0.15, 0.2) is 6.33 Å². The Morgan fingerprint density at radius 3 is 2.29 bits per heavy atom. The summed E-state index contributed by atoms with van der Waals surface area (Å²) < 4.78 is 1.82. The Labute approximate surface area is 102 Å². The Morgan fingerprint density at radius 2 is 1.76 bits per heavy atom. The Hall–Kier alpha value is -1.69. The SMILES string of the molecule is CC.CC.Cc1nc(NN)c2ncn(C)c2n1. The molecule has 0 radical (unpaired) electrons. The Morgan fingerprint density at radius 1 is 1.18 bits per heavy atom. The summed E-state index contributed by atoms with van der Waals surface area (Å²) in [6, 6.07) is 0. The first-order valence-corrected chi connectivity index (χ1v) is 5.84. The lowest BCUT2D eigenvalue weighted by atomic mass is 10.5. The minimum Gasteiger partial charge on any atom is -0.318 e. The van der Waals surface area contributed by atoms with Crippen molar-refractivity contribution in [3.8, 4) is 0 Å². The highest BCUT2D eigenvalue weighted by atomic mass is 15.3. The average Bonchev–Trinajstić information content (AvgIpc) is 2.75. The number of anilines is 1. The summed E-state index contributed by atoms with van der Waals surface area (Å²) >= 11 is 0. The van der Waals surface area contributed by atoms with Crippen molar-refractivity contribution in [3.05, 3.63) is 12.2 Å². The largest absolute Gasteiger partial charge is 0.318 e. The van der Waals surface area contributed by atoms with Gasteiger partial charge in [0.25, 0.3) is 0 Å². The minimum atomic E-state index is 0.558. The first kappa shape index (κ1) is 15.3.